The number of aromatic hydroxyl groups is 1. The zero-order chi connectivity index (χ0) is 10.3. The van der Waals surface area contributed by atoms with Crippen molar-refractivity contribution in [3.63, 3.8) is 0 Å². The predicted molar refractivity (Wildman–Crippen MR) is 55.7 cm³/mol. The van der Waals surface area contributed by atoms with E-state index in [-0.39, 0.29) is 5.75 Å². The van der Waals surface area contributed by atoms with Crippen LogP contribution in [-0.4, -0.2) is 15.8 Å². The van der Waals surface area contributed by atoms with E-state index < -0.39 is 5.60 Å². The highest BCUT2D eigenvalue weighted by Gasteiger charge is 2.41. The predicted octanol–water partition coefficient (Wildman–Crippen LogP) is 2.42. The third-order valence-corrected chi connectivity index (χ3v) is 3.11. The van der Waals surface area contributed by atoms with Gasteiger partial charge in [0.1, 0.15) is 5.75 Å². The van der Waals surface area contributed by atoms with Gasteiger partial charge in [-0.25, -0.2) is 0 Å². The van der Waals surface area contributed by atoms with E-state index in [4.69, 9.17) is 11.6 Å². The molecule has 14 heavy (non-hydrogen) atoms. The van der Waals surface area contributed by atoms with Crippen LogP contribution in [0.5, 0.6) is 5.75 Å². The molecule has 0 aliphatic heterocycles. The summed E-state index contributed by atoms with van der Waals surface area (Å²) in [6, 6.07) is 3.54. The molecular weight excluding hydrogens is 200 g/mol. The van der Waals surface area contributed by atoms with Gasteiger partial charge in [0.15, 0.2) is 0 Å². The van der Waals surface area contributed by atoms with Crippen LogP contribution in [0, 0.1) is 6.92 Å². The van der Waals surface area contributed by atoms with Gasteiger partial charge >= 0.3 is 0 Å². The molecule has 2 N–H and O–H groups in total. The van der Waals surface area contributed by atoms with Crippen molar-refractivity contribution in [3.8, 4) is 5.75 Å². The molecule has 0 aromatic heterocycles. The average Bonchev–Trinajstić information content (AvgIpc) is 2.86. The van der Waals surface area contributed by atoms with Crippen LogP contribution in [0.25, 0.3) is 0 Å². The van der Waals surface area contributed by atoms with E-state index in [2.05, 4.69) is 0 Å². The Kier molecular flexibility index (Phi) is 2.20. The van der Waals surface area contributed by atoms with Crippen molar-refractivity contribution in [2.24, 2.45) is 0 Å². The van der Waals surface area contributed by atoms with Gasteiger partial charge in [0.25, 0.3) is 0 Å². The Labute approximate surface area is 88.1 Å². The van der Waals surface area contributed by atoms with E-state index in [9.17, 15) is 10.2 Å². The summed E-state index contributed by atoms with van der Waals surface area (Å²) in [6.45, 7) is 1.91. The van der Waals surface area contributed by atoms with Crippen molar-refractivity contribution in [2.45, 2.75) is 31.8 Å². The summed E-state index contributed by atoms with van der Waals surface area (Å²) in [6.07, 6.45) is 2.14. The van der Waals surface area contributed by atoms with Crippen molar-refractivity contribution in [3.05, 3.63) is 28.3 Å². The van der Waals surface area contributed by atoms with Crippen molar-refractivity contribution in [2.75, 3.05) is 0 Å². The Balaban J connectivity index is 2.35. The van der Waals surface area contributed by atoms with Crippen LogP contribution in [-0.2, 0) is 6.42 Å². The van der Waals surface area contributed by atoms with Gasteiger partial charge in [0.05, 0.1) is 10.6 Å². The second-order valence-corrected chi connectivity index (χ2v) is 4.50. The Morgan fingerprint density at radius 1 is 1.43 bits per heavy atom. The first kappa shape index (κ1) is 9.81. The number of rotatable bonds is 2. The largest absolute Gasteiger partial charge is 0.506 e. The molecule has 1 aromatic rings. The zero-order valence-corrected chi connectivity index (χ0v) is 8.80. The minimum absolute atomic E-state index is 0.118. The fraction of sp³-hybridized carbons (Fsp3) is 0.455. The van der Waals surface area contributed by atoms with E-state index in [0.717, 1.165) is 24.0 Å². The van der Waals surface area contributed by atoms with Crippen LogP contribution in [0.15, 0.2) is 12.1 Å². The van der Waals surface area contributed by atoms with E-state index >= 15 is 0 Å². The fourth-order valence-electron chi connectivity index (χ4n) is 1.58. The molecule has 1 saturated carbocycles. The fourth-order valence-corrected chi connectivity index (χ4v) is 1.76. The van der Waals surface area contributed by atoms with Crippen molar-refractivity contribution in [1.82, 2.24) is 0 Å². The van der Waals surface area contributed by atoms with E-state index in [1.807, 2.05) is 13.0 Å². The number of aliphatic hydroxyl groups is 1. The summed E-state index contributed by atoms with van der Waals surface area (Å²) in [5, 5.41) is 19.9. The molecule has 1 aromatic carbocycles. The van der Waals surface area contributed by atoms with Gasteiger partial charge in [-0.3, -0.25) is 0 Å². The molecule has 1 aliphatic rings. The van der Waals surface area contributed by atoms with Crippen molar-refractivity contribution in [1.29, 1.82) is 0 Å². The lowest BCUT2D eigenvalue weighted by Gasteiger charge is -2.13. The average molecular weight is 213 g/mol. The third kappa shape index (κ3) is 1.72. The Hall–Kier alpha value is -0.730. The first-order valence-electron chi connectivity index (χ1n) is 4.71. The van der Waals surface area contributed by atoms with Gasteiger partial charge in [0, 0.05) is 12.0 Å². The summed E-state index contributed by atoms with van der Waals surface area (Å²) < 4.78 is 0. The molecule has 0 unspecified atom stereocenters. The smallest absolute Gasteiger partial charge is 0.137 e. The van der Waals surface area contributed by atoms with Crippen molar-refractivity contribution >= 4 is 11.6 Å². The molecule has 0 bridgehead atoms. The first-order chi connectivity index (χ1) is 6.52. The van der Waals surface area contributed by atoms with Crippen LogP contribution >= 0.6 is 11.6 Å². The van der Waals surface area contributed by atoms with Crippen LogP contribution in [0.1, 0.15) is 24.0 Å². The normalized spacial score (nSPS) is 18.2. The van der Waals surface area contributed by atoms with Crippen molar-refractivity contribution < 1.29 is 10.2 Å². The quantitative estimate of drug-likeness (QED) is 0.791. The maximum absolute atomic E-state index is 9.77. The molecule has 1 fully saturated rings. The lowest BCUT2D eigenvalue weighted by molar-refractivity contribution is 0.150. The number of hydrogen-bond donors (Lipinski definition) is 2. The number of aryl methyl sites for hydroxylation is 1. The number of phenolic OH excluding ortho intramolecular Hbond substituents is 1. The molecule has 0 heterocycles. The minimum Gasteiger partial charge on any atom is -0.506 e. The topological polar surface area (TPSA) is 40.5 Å². The number of phenols is 1. The molecule has 2 nitrogen and oxygen atoms in total. The molecule has 76 valence electrons. The SMILES string of the molecule is Cc1ccc(Cl)c(O)c1CC1(O)CC1. The third-order valence-electron chi connectivity index (χ3n) is 2.80. The van der Waals surface area contributed by atoms with Crippen LogP contribution < -0.4 is 0 Å². The summed E-state index contributed by atoms with van der Waals surface area (Å²) >= 11 is 5.80. The first-order valence-corrected chi connectivity index (χ1v) is 5.09. The van der Waals surface area contributed by atoms with Gasteiger partial charge in [-0.05, 0) is 31.4 Å². The maximum Gasteiger partial charge on any atom is 0.137 e. The summed E-state index contributed by atoms with van der Waals surface area (Å²) in [4.78, 5) is 0. The molecule has 1 aliphatic carbocycles. The van der Waals surface area contributed by atoms with Gasteiger partial charge in [0.2, 0.25) is 0 Å². The second-order valence-electron chi connectivity index (χ2n) is 4.09. The van der Waals surface area contributed by atoms with Gasteiger partial charge < -0.3 is 10.2 Å². The zero-order valence-electron chi connectivity index (χ0n) is 8.05. The standard InChI is InChI=1S/C11H13ClO2/c1-7-2-3-9(12)10(13)8(7)6-11(14)4-5-11/h2-3,13-14H,4-6H2,1H3. The number of halogens is 1. The highest BCUT2D eigenvalue weighted by Crippen LogP contribution is 2.42. The van der Waals surface area contributed by atoms with E-state index in [1.54, 1.807) is 6.07 Å². The van der Waals surface area contributed by atoms with Gasteiger partial charge in [-0.15, -0.1) is 0 Å². The summed E-state index contributed by atoms with van der Waals surface area (Å²) in [7, 11) is 0. The Morgan fingerprint density at radius 2 is 2.07 bits per heavy atom. The molecule has 0 spiro atoms. The van der Waals surface area contributed by atoms with Crippen LogP contribution in [0.2, 0.25) is 5.02 Å². The molecule has 0 amide bonds. The molecule has 0 saturated heterocycles. The Morgan fingerprint density at radius 3 is 2.64 bits per heavy atom. The molecule has 0 atom stereocenters. The summed E-state index contributed by atoms with van der Waals surface area (Å²) in [5.41, 5.74) is 1.16. The highest BCUT2D eigenvalue weighted by molar-refractivity contribution is 6.32. The molecule has 0 radical (unpaired) electrons. The minimum atomic E-state index is -0.590. The van der Waals surface area contributed by atoms with E-state index in [0.29, 0.717) is 11.4 Å². The van der Waals surface area contributed by atoms with Gasteiger partial charge in [-0.1, -0.05) is 17.7 Å². The lowest BCUT2D eigenvalue weighted by Crippen LogP contribution is -2.11. The molecule has 2 rings (SSSR count). The second kappa shape index (κ2) is 3.14. The number of hydrogen-bond acceptors (Lipinski definition) is 2. The Bertz CT molecular complexity index is 370. The van der Waals surface area contributed by atoms with Crippen LogP contribution in [0.3, 0.4) is 0 Å². The summed E-state index contributed by atoms with van der Waals surface area (Å²) in [5.74, 6) is 0.118. The van der Waals surface area contributed by atoms with E-state index in [1.165, 1.54) is 0 Å². The monoisotopic (exact) mass is 212 g/mol. The number of benzene rings is 1. The maximum atomic E-state index is 9.77. The van der Waals surface area contributed by atoms with Gasteiger partial charge in [-0.2, -0.15) is 0 Å². The highest BCUT2D eigenvalue weighted by atomic mass is 35.5. The van der Waals surface area contributed by atoms with Crippen LogP contribution in [0.4, 0.5) is 0 Å². The molecular formula is C11H13ClO2. The lowest BCUT2D eigenvalue weighted by atomic mass is 10.0. The molecule has 3 heteroatoms.